The first-order chi connectivity index (χ1) is 7.29. The van der Waals surface area contributed by atoms with E-state index < -0.39 is 5.60 Å². The molecule has 0 aromatic carbocycles. The van der Waals surface area contributed by atoms with Crippen LogP contribution in [0.4, 0.5) is 4.79 Å². The number of carbonyl (C=O) groups is 1. The minimum atomic E-state index is -0.457. The molecular formula is C12H23NO3. The fourth-order valence-corrected chi connectivity index (χ4v) is 1.95. The van der Waals surface area contributed by atoms with Crippen molar-refractivity contribution in [1.29, 1.82) is 0 Å². The Kier molecular flexibility index (Phi) is 4.19. The number of amides is 1. The fourth-order valence-electron chi connectivity index (χ4n) is 1.95. The standard InChI is InChI=1S/C12H23NO3/c1-9-8-10(14)6-5-7-13(9)11(15)16-12(2,3)4/h9-10,14H,5-8H2,1-4H3. The summed E-state index contributed by atoms with van der Waals surface area (Å²) in [5.41, 5.74) is -0.457. The Balaban J connectivity index is 2.60. The smallest absolute Gasteiger partial charge is 0.410 e. The molecule has 0 saturated carbocycles. The first-order valence-electron chi connectivity index (χ1n) is 5.97. The van der Waals surface area contributed by atoms with Crippen molar-refractivity contribution < 1.29 is 14.6 Å². The number of likely N-dealkylation sites (tertiary alicyclic amines) is 1. The van der Waals surface area contributed by atoms with Gasteiger partial charge in [0.25, 0.3) is 0 Å². The van der Waals surface area contributed by atoms with Gasteiger partial charge in [-0.05, 0) is 47.0 Å². The van der Waals surface area contributed by atoms with Gasteiger partial charge in [0.15, 0.2) is 0 Å². The summed E-state index contributed by atoms with van der Waals surface area (Å²) in [5, 5.41) is 9.61. The summed E-state index contributed by atoms with van der Waals surface area (Å²) in [6, 6.07) is 0.0485. The number of aliphatic hydroxyl groups is 1. The maximum atomic E-state index is 11.9. The summed E-state index contributed by atoms with van der Waals surface area (Å²) in [7, 11) is 0. The third-order valence-electron chi connectivity index (χ3n) is 2.71. The predicted octanol–water partition coefficient (Wildman–Crippen LogP) is 2.16. The van der Waals surface area contributed by atoms with Crippen molar-refractivity contribution in [2.24, 2.45) is 0 Å². The number of hydrogen-bond donors (Lipinski definition) is 1. The normalized spacial score (nSPS) is 27.4. The van der Waals surface area contributed by atoms with Crippen molar-refractivity contribution in [2.75, 3.05) is 6.54 Å². The Morgan fingerprint density at radius 1 is 1.44 bits per heavy atom. The Hall–Kier alpha value is -0.770. The lowest BCUT2D eigenvalue weighted by Gasteiger charge is -2.30. The lowest BCUT2D eigenvalue weighted by atomic mass is 10.1. The third kappa shape index (κ3) is 4.00. The largest absolute Gasteiger partial charge is 0.444 e. The molecule has 1 rings (SSSR count). The monoisotopic (exact) mass is 229 g/mol. The van der Waals surface area contributed by atoms with Crippen LogP contribution in [0.5, 0.6) is 0 Å². The fraction of sp³-hybridized carbons (Fsp3) is 0.917. The van der Waals surface area contributed by atoms with Crippen LogP contribution in [0.15, 0.2) is 0 Å². The van der Waals surface area contributed by atoms with Gasteiger partial charge in [-0.3, -0.25) is 0 Å². The van der Waals surface area contributed by atoms with Crippen LogP contribution in [0.3, 0.4) is 0 Å². The zero-order valence-corrected chi connectivity index (χ0v) is 10.7. The Morgan fingerprint density at radius 3 is 2.62 bits per heavy atom. The molecule has 2 atom stereocenters. The van der Waals surface area contributed by atoms with Crippen LogP contribution in [0.1, 0.15) is 47.0 Å². The Bertz CT molecular complexity index is 247. The summed E-state index contributed by atoms with van der Waals surface area (Å²) in [6.07, 6.45) is 1.68. The molecule has 1 aliphatic heterocycles. The van der Waals surface area contributed by atoms with Crippen LogP contribution in [0, 0.1) is 0 Å². The minimum Gasteiger partial charge on any atom is -0.444 e. The number of rotatable bonds is 0. The van der Waals surface area contributed by atoms with E-state index in [1.807, 2.05) is 27.7 Å². The quantitative estimate of drug-likeness (QED) is 0.692. The Labute approximate surface area is 97.6 Å². The molecule has 0 bridgehead atoms. The van der Waals surface area contributed by atoms with Crippen LogP contribution in [-0.2, 0) is 4.74 Å². The molecule has 1 aliphatic rings. The van der Waals surface area contributed by atoms with E-state index in [0.29, 0.717) is 13.0 Å². The van der Waals surface area contributed by atoms with Crippen LogP contribution < -0.4 is 0 Å². The molecule has 1 saturated heterocycles. The number of carbonyl (C=O) groups excluding carboxylic acids is 1. The molecule has 0 spiro atoms. The molecule has 2 unspecified atom stereocenters. The summed E-state index contributed by atoms with van der Waals surface area (Å²) in [6.45, 7) is 8.22. The van der Waals surface area contributed by atoms with E-state index in [9.17, 15) is 9.90 Å². The van der Waals surface area contributed by atoms with Gasteiger partial charge in [0.1, 0.15) is 5.60 Å². The molecule has 0 radical (unpaired) electrons. The van der Waals surface area contributed by atoms with Gasteiger partial charge in [0, 0.05) is 12.6 Å². The van der Waals surface area contributed by atoms with Crippen molar-refractivity contribution >= 4 is 6.09 Å². The van der Waals surface area contributed by atoms with Crippen molar-refractivity contribution in [3.8, 4) is 0 Å². The van der Waals surface area contributed by atoms with Crippen LogP contribution in [-0.4, -0.2) is 40.4 Å². The predicted molar refractivity (Wildman–Crippen MR) is 62.3 cm³/mol. The van der Waals surface area contributed by atoms with E-state index >= 15 is 0 Å². The van der Waals surface area contributed by atoms with Gasteiger partial charge < -0.3 is 14.7 Å². The highest BCUT2D eigenvalue weighted by atomic mass is 16.6. The number of aliphatic hydroxyl groups excluding tert-OH is 1. The highest BCUT2D eigenvalue weighted by Gasteiger charge is 2.29. The van der Waals surface area contributed by atoms with Gasteiger partial charge in [0.2, 0.25) is 0 Å². The van der Waals surface area contributed by atoms with Crippen molar-refractivity contribution in [3.63, 3.8) is 0 Å². The van der Waals surface area contributed by atoms with E-state index in [1.54, 1.807) is 4.90 Å². The second kappa shape index (κ2) is 5.04. The molecule has 4 heteroatoms. The SMILES string of the molecule is CC1CC(O)CCCN1C(=O)OC(C)(C)C. The summed E-state index contributed by atoms with van der Waals surface area (Å²) in [4.78, 5) is 13.6. The van der Waals surface area contributed by atoms with Gasteiger partial charge in [-0.1, -0.05) is 0 Å². The van der Waals surface area contributed by atoms with Crippen molar-refractivity contribution in [1.82, 2.24) is 4.90 Å². The summed E-state index contributed by atoms with van der Waals surface area (Å²) < 4.78 is 5.34. The molecule has 1 heterocycles. The molecule has 1 fully saturated rings. The second-order valence-electron chi connectivity index (χ2n) is 5.55. The minimum absolute atomic E-state index is 0.0485. The van der Waals surface area contributed by atoms with Crippen LogP contribution in [0.25, 0.3) is 0 Å². The van der Waals surface area contributed by atoms with E-state index in [1.165, 1.54) is 0 Å². The first kappa shape index (κ1) is 13.3. The molecule has 1 amide bonds. The highest BCUT2D eigenvalue weighted by molar-refractivity contribution is 5.68. The lowest BCUT2D eigenvalue weighted by molar-refractivity contribution is 0.0166. The lowest BCUT2D eigenvalue weighted by Crippen LogP contribution is -2.42. The molecule has 0 aromatic heterocycles. The summed E-state index contributed by atoms with van der Waals surface area (Å²) in [5.74, 6) is 0. The van der Waals surface area contributed by atoms with Gasteiger partial charge in [-0.25, -0.2) is 4.79 Å². The van der Waals surface area contributed by atoms with Gasteiger partial charge in [0.05, 0.1) is 6.10 Å². The first-order valence-corrected chi connectivity index (χ1v) is 5.97. The molecule has 0 aliphatic carbocycles. The number of hydrogen-bond acceptors (Lipinski definition) is 3. The zero-order chi connectivity index (χ0) is 12.3. The van der Waals surface area contributed by atoms with Gasteiger partial charge in [-0.2, -0.15) is 0 Å². The van der Waals surface area contributed by atoms with Gasteiger partial charge >= 0.3 is 6.09 Å². The molecule has 94 valence electrons. The highest BCUT2D eigenvalue weighted by Crippen LogP contribution is 2.19. The third-order valence-corrected chi connectivity index (χ3v) is 2.71. The summed E-state index contributed by atoms with van der Waals surface area (Å²) >= 11 is 0. The molecule has 4 nitrogen and oxygen atoms in total. The van der Waals surface area contributed by atoms with E-state index in [0.717, 1.165) is 12.8 Å². The average Bonchev–Trinajstić information content (AvgIpc) is 2.23. The Morgan fingerprint density at radius 2 is 2.06 bits per heavy atom. The molecule has 0 aromatic rings. The number of nitrogens with zero attached hydrogens (tertiary/aromatic N) is 1. The topological polar surface area (TPSA) is 49.8 Å². The van der Waals surface area contributed by atoms with E-state index in [2.05, 4.69) is 0 Å². The molecule has 16 heavy (non-hydrogen) atoms. The van der Waals surface area contributed by atoms with Gasteiger partial charge in [-0.15, -0.1) is 0 Å². The van der Waals surface area contributed by atoms with E-state index in [-0.39, 0.29) is 18.2 Å². The van der Waals surface area contributed by atoms with Crippen LogP contribution in [0.2, 0.25) is 0 Å². The van der Waals surface area contributed by atoms with Crippen molar-refractivity contribution in [2.45, 2.75) is 64.7 Å². The molecular weight excluding hydrogens is 206 g/mol. The van der Waals surface area contributed by atoms with Crippen molar-refractivity contribution in [3.05, 3.63) is 0 Å². The molecule has 1 N–H and O–H groups in total. The van der Waals surface area contributed by atoms with Crippen LogP contribution >= 0.6 is 0 Å². The maximum Gasteiger partial charge on any atom is 0.410 e. The zero-order valence-electron chi connectivity index (χ0n) is 10.7. The number of ether oxygens (including phenoxy) is 1. The maximum absolute atomic E-state index is 11.9. The van der Waals surface area contributed by atoms with E-state index in [4.69, 9.17) is 4.74 Å². The second-order valence-corrected chi connectivity index (χ2v) is 5.55. The average molecular weight is 229 g/mol.